The fourth-order valence-electron chi connectivity index (χ4n) is 1.52. The first-order valence-electron chi connectivity index (χ1n) is 5.06. The van der Waals surface area contributed by atoms with Gasteiger partial charge in [-0.3, -0.25) is 14.4 Å². The van der Waals surface area contributed by atoms with E-state index in [2.05, 4.69) is 0 Å². The second-order valence-corrected chi connectivity index (χ2v) is 3.55. The number of carbonyl (C=O) groups excluding carboxylic acids is 2. The van der Waals surface area contributed by atoms with Gasteiger partial charge in [0.05, 0.1) is 0 Å². The number of nitrogens with two attached hydrogens (primary N) is 1. The molecule has 8 heteroatoms. The van der Waals surface area contributed by atoms with Gasteiger partial charge in [0.15, 0.2) is 0 Å². The normalized spacial score (nSPS) is 15.8. The lowest BCUT2D eigenvalue weighted by Crippen LogP contribution is -2.55. The summed E-state index contributed by atoms with van der Waals surface area (Å²) in [6, 6.07) is 0. The highest BCUT2D eigenvalue weighted by Gasteiger charge is 2.32. The molecule has 0 atom stereocenters. The molecule has 3 N–H and O–H groups in total. The highest BCUT2D eigenvalue weighted by atomic mass is 35.5. The van der Waals surface area contributed by atoms with E-state index in [4.69, 9.17) is 10.8 Å². The number of nitrogens with zero attached hydrogens (tertiary/aromatic N) is 2. The van der Waals surface area contributed by atoms with Crippen molar-refractivity contribution >= 4 is 30.2 Å². The maximum absolute atomic E-state index is 11.5. The summed E-state index contributed by atoms with van der Waals surface area (Å²) in [7, 11) is 0. The molecule has 1 heterocycles. The fourth-order valence-corrected chi connectivity index (χ4v) is 1.52. The minimum absolute atomic E-state index is 0. The molecule has 0 aromatic carbocycles. The zero-order valence-corrected chi connectivity index (χ0v) is 10.1. The molecule has 2 amide bonds. The van der Waals surface area contributed by atoms with Gasteiger partial charge >= 0.3 is 17.8 Å². The predicted octanol–water partition coefficient (Wildman–Crippen LogP) is -1.49. The monoisotopic (exact) mass is 265 g/mol. The summed E-state index contributed by atoms with van der Waals surface area (Å²) >= 11 is 0. The molecule has 0 aromatic rings. The predicted molar refractivity (Wildman–Crippen MR) is 61.7 cm³/mol. The molecule has 0 saturated carbocycles. The number of piperazine rings is 1. The largest absolute Gasteiger partial charge is 0.480 e. The molecular formula is C9H16ClN3O4. The number of carboxylic acid groups (broad SMARTS) is 1. The van der Waals surface area contributed by atoms with Gasteiger partial charge in [-0.05, 0) is 13.0 Å². The van der Waals surface area contributed by atoms with E-state index in [1.54, 1.807) is 0 Å². The standard InChI is InChI=1S/C9H15N3O4.ClH/c10-2-1-3-11-4-5-12(6-7(13)14)9(16)8(11)15;/h1-6,10H2,(H,13,14);1H. The summed E-state index contributed by atoms with van der Waals surface area (Å²) in [5.74, 6) is -2.50. The molecule has 1 fully saturated rings. The Labute approximate surface area is 105 Å². The maximum atomic E-state index is 11.5. The number of hydrogen-bond acceptors (Lipinski definition) is 4. The molecule has 0 aliphatic carbocycles. The van der Waals surface area contributed by atoms with Gasteiger partial charge in [-0.1, -0.05) is 0 Å². The van der Waals surface area contributed by atoms with E-state index in [1.807, 2.05) is 0 Å². The first-order chi connectivity index (χ1) is 7.56. The van der Waals surface area contributed by atoms with Crippen LogP contribution in [-0.4, -0.2) is 65.4 Å². The van der Waals surface area contributed by atoms with Crippen molar-refractivity contribution in [2.75, 3.05) is 32.7 Å². The van der Waals surface area contributed by atoms with Gasteiger partial charge in [0.1, 0.15) is 6.54 Å². The molecule has 98 valence electrons. The number of halogens is 1. The molecule has 0 spiro atoms. The molecule has 1 aliphatic heterocycles. The minimum atomic E-state index is -1.11. The summed E-state index contributed by atoms with van der Waals surface area (Å²) in [5, 5.41) is 8.54. The number of amides is 2. The van der Waals surface area contributed by atoms with Crippen LogP contribution in [0.2, 0.25) is 0 Å². The zero-order valence-electron chi connectivity index (χ0n) is 9.29. The highest BCUT2D eigenvalue weighted by Crippen LogP contribution is 2.05. The number of aliphatic carboxylic acids is 1. The van der Waals surface area contributed by atoms with Crippen LogP contribution in [0.15, 0.2) is 0 Å². The number of hydrogen-bond donors (Lipinski definition) is 2. The van der Waals surface area contributed by atoms with Crippen molar-refractivity contribution in [3.05, 3.63) is 0 Å². The van der Waals surface area contributed by atoms with Gasteiger partial charge in [0, 0.05) is 19.6 Å². The molecule has 0 unspecified atom stereocenters. The van der Waals surface area contributed by atoms with Crippen LogP contribution in [0.4, 0.5) is 0 Å². The Kier molecular flexibility index (Phi) is 6.52. The SMILES string of the molecule is Cl.NCCCN1CCN(CC(=O)O)C(=O)C1=O. The summed E-state index contributed by atoms with van der Waals surface area (Å²) in [6.45, 7) is 1.12. The maximum Gasteiger partial charge on any atom is 0.323 e. The first kappa shape index (κ1) is 15.7. The van der Waals surface area contributed by atoms with Crippen molar-refractivity contribution in [1.82, 2.24) is 9.80 Å². The molecule has 0 radical (unpaired) electrons. The van der Waals surface area contributed by atoms with Crippen LogP contribution in [0.25, 0.3) is 0 Å². The van der Waals surface area contributed by atoms with Crippen molar-refractivity contribution in [1.29, 1.82) is 0 Å². The van der Waals surface area contributed by atoms with Crippen LogP contribution in [0.5, 0.6) is 0 Å². The lowest BCUT2D eigenvalue weighted by atomic mass is 10.2. The van der Waals surface area contributed by atoms with Gasteiger partial charge < -0.3 is 20.6 Å². The van der Waals surface area contributed by atoms with Crippen LogP contribution in [0.3, 0.4) is 0 Å². The second-order valence-electron chi connectivity index (χ2n) is 3.55. The second kappa shape index (κ2) is 7.08. The van der Waals surface area contributed by atoms with Gasteiger partial charge in [0.25, 0.3) is 0 Å². The lowest BCUT2D eigenvalue weighted by Gasteiger charge is -2.32. The van der Waals surface area contributed by atoms with Crippen LogP contribution in [-0.2, 0) is 14.4 Å². The molecule has 1 aliphatic rings. The first-order valence-corrected chi connectivity index (χ1v) is 5.06. The van der Waals surface area contributed by atoms with E-state index >= 15 is 0 Å². The summed E-state index contributed by atoms with van der Waals surface area (Å²) in [4.78, 5) is 35.9. The Balaban J connectivity index is 0.00000256. The van der Waals surface area contributed by atoms with E-state index in [1.165, 1.54) is 4.90 Å². The molecule has 0 bridgehead atoms. The van der Waals surface area contributed by atoms with Crippen molar-refractivity contribution in [2.24, 2.45) is 5.73 Å². The number of carboxylic acids is 1. The lowest BCUT2D eigenvalue weighted by molar-refractivity contribution is -0.158. The molecule has 1 saturated heterocycles. The molecule has 1 rings (SSSR count). The van der Waals surface area contributed by atoms with E-state index in [9.17, 15) is 14.4 Å². The number of carbonyl (C=O) groups is 3. The van der Waals surface area contributed by atoms with Gasteiger partial charge in [0.2, 0.25) is 0 Å². The van der Waals surface area contributed by atoms with Gasteiger partial charge in [-0.25, -0.2) is 0 Å². The number of rotatable bonds is 5. The van der Waals surface area contributed by atoms with Gasteiger partial charge in [-0.15, -0.1) is 12.4 Å². The van der Waals surface area contributed by atoms with E-state index in [0.29, 0.717) is 26.1 Å². The Hall–Kier alpha value is -1.34. The molecular weight excluding hydrogens is 250 g/mol. The average molecular weight is 266 g/mol. The van der Waals surface area contributed by atoms with Crippen LogP contribution >= 0.6 is 12.4 Å². The Morgan fingerprint density at radius 1 is 1.24 bits per heavy atom. The van der Waals surface area contributed by atoms with Crippen molar-refractivity contribution in [2.45, 2.75) is 6.42 Å². The highest BCUT2D eigenvalue weighted by molar-refractivity contribution is 6.35. The Bertz CT molecular complexity index is 311. The Morgan fingerprint density at radius 3 is 2.29 bits per heavy atom. The van der Waals surface area contributed by atoms with E-state index in [-0.39, 0.29) is 19.0 Å². The smallest absolute Gasteiger partial charge is 0.323 e. The summed E-state index contributed by atoms with van der Waals surface area (Å²) in [6.07, 6.45) is 0.637. The van der Waals surface area contributed by atoms with Crippen LogP contribution in [0.1, 0.15) is 6.42 Å². The van der Waals surface area contributed by atoms with E-state index < -0.39 is 24.3 Å². The van der Waals surface area contributed by atoms with Crippen molar-refractivity contribution < 1.29 is 19.5 Å². The average Bonchev–Trinajstić information content (AvgIpc) is 2.23. The molecule has 7 nitrogen and oxygen atoms in total. The topological polar surface area (TPSA) is 104 Å². The third-order valence-electron chi connectivity index (χ3n) is 2.36. The molecule has 0 aromatic heterocycles. The van der Waals surface area contributed by atoms with Crippen LogP contribution < -0.4 is 5.73 Å². The molecule has 17 heavy (non-hydrogen) atoms. The fraction of sp³-hybridized carbons (Fsp3) is 0.667. The Morgan fingerprint density at radius 2 is 1.76 bits per heavy atom. The third kappa shape index (κ3) is 4.20. The minimum Gasteiger partial charge on any atom is -0.480 e. The summed E-state index contributed by atoms with van der Waals surface area (Å²) < 4.78 is 0. The third-order valence-corrected chi connectivity index (χ3v) is 2.36. The summed E-state index contributed by atoms with van der Waals surface area (Å²) in [5.41, 5.74) is 5.31. The quantitative estimate of drug-likeness (QED) is 0.590. The zero-order chi connectivity index (χ0) is 12.1. The van der Waals surface area contributed by atoms with Crippen molar-refractivity contribution in [3.63, 3.8) is 0 Å². The van der Waals surface area contributed by atoms with Crippen molar-refractivity contribution in [3.8, 4) is 0 Å². The van der Waals surface area contributed by atoms with E-state index in [0.717, 1.165) is 4.90 Å². The van der Waals surface area contributed by atoms with Gasteiger partial charge in [-0.2, -0.15) is 0 Å². The van der Waals surface area contributed by atoms with Crippen LogP contribution in [0, 0.1) is 0 Å².